The predicted octanol–water partition coefficient (Wildman–Crippen LogP) is 0.506. The van der Waals surface area contributed by atoms with Crippen LogP contribution < -0.4 is 5.56 Å². The number of nitrogens with zero attached hydrogens (tertiary/aromatic N) is 5. The molecule has 0 bridgehead atoms. The first-order valence-electron chi connectivity index (χ1n) is 6.45. The van der Waals surface area contributed by atoms with E-state index in [4.69, 9.17) is 5.11 Å². The summed E-state index contributed by atoms with van der Waals surface area (Å²) in [6.07, 6.45) is 1.85. The molecule has 0 radical (unpaired) electrons. The van der Waals surface area contributed by atoms with E-state index in [9.17, 15) is 9.90 Å². The Morgan fingerprint density at radius 2 is 1.76 bits per heavy atom. The van der Waals surface area contributed by atoms with Crippen LogP contribution in [0.5, 0.6) is 11.6 Å². The van der Waals surface area contributed by atoms with Gasteiger partial charge >= 0.3 is 0 Å². The highest BCUT2D eigenvalue weighted by Gasteiger charge is 2.24. The Hall–Kier alpha value is -2.58. The molecule has 9 nitrogen and oxygen atoms in total. The summed E-state index contributed by atoms with van der Waals surface area (Å²) in [5.41, 5.74) is -1.15. The van der Waals surface area contributed by atoms with Gasteiger partial charge in [-0.25, -0.2) is 0 Å². The van der Waals surface area contributed by atoms with E-state index in [1.54, 1.807) is 0 Å². The van der Waals surface area contributed by atoms with Crippen molar-refractivity contribution in [2.45, 2.75) is 39.0 Å². The van der Waals surface area contributed by atoms with Crippen LogP contribution in [0.3, 0.4) is 0 Å². The molecule has 2 rings (SSSR count). The molecule has 0 unspecified atom stereocenters. The van der Waals surface area contributed by atoms with Gasteiger partial charge in [0.05, 0.1) is 0 Å². The van der Waals surface area contributed by atoms with Gasteiger partial charge in [-0.3, -0.25) is 4.79 Å². The van der Waals surface area contributed by atoms with E-state index in [0.717, 1.165) is 12.8 Å². The van der Waals surface area contributed by atoms with Gasteiger partial charge in [-0.2, -0.15) is 4.98 Å². The number of aromatic nitrogens is 6. The Bertz CT molecular complexity index is 695. The van der Waals surface area contributed by atoms with Gasteiger partial charge in [0.15, 0.2) is 11.6 Å². The SMILES string of the molecule is CCCC(C)(C)c1nnc(-c2nc(O)c(O)c(=O)[nH]2)nn1. The Morgan fingerprint density at radius 1 is 1.14 bits per heavy atom. The van der Waals surface area contributed by atoms with Gasteiger partial charge in [0.2, 0.25) is 11.6 Å². The summed E-state index contributed by atoms with van der Waals surface area (Å²) in [5.74, 6) is -1.33. The number of hydrogen-bond donors (Lipinski definition) is 3. The molecule has 0 aliphatic carbocycles. The fourth-order valence-electron chi connectivity index (χ4n) is 1.89. The predicted molar refractivity (Wildman–Crippen MR) is 72.7 cm³/mol. The average molecular weight is 292 g/mol. The van der Waals surface area contributed by atoms with Crippen LogP contribution in [0.15, 0.2) is 4.79 Å². The van der Waals surface area contributed by atoms with Crippen LogP contribution in [0.2, 0.25) is 0 Å². The van der Waals surface area contributed by atoms with Gasteiger partial charge < -0.3 is 15.2 Å². The summed E-state index contributed by atoms with van der Waals surface area (Å²) in [6, 6.07) is 0. The van der Waals surface area contributed by atoms with Crippen molar-refractivity contribution in [3.63, 3.8) is 0 Å². The number of aromatic hydroxyl groups is 2. The highest BCUT2D eigenvalue weighted by molar-refractivity contribution is 5.44. The van der Waals surface area contributed by atoms with Crippen molar-refractivity contribution in [1.82, 2.24) is 30.4 Å². The van der Waals surface area contributed by atoms with E-state index in [1.807, 2.05) is 13.8 Å². The quantitative estimate of drug-likeness (QED) is 0.740. The molecule has 2 heterocycles. The zero-order valence-electron chi connectivity index (χ0n) is 12.0. The molecule has 0 aliphatic heterocycles. The van der Waals surface area contributed by atoms with Crippen LogP contribution in [0.1, 0.15) is 39.4 Å². The van der Waals surface area contributed by atoms with Crippen LogP contribution in [-0.2, 0) is 5.41 Å². The molecule has 0 saturated carbocycles. The zero-order chi connectivity index (χ0) is 15.6. The van der Waals surface area contributed by atoms with Gasteiger partial charge in [-0.15, -0.1) is 20.4 Å². The van der Waals surface area contributed by atoms with E-state index in [-0.39, 0.29) is 17.1 Å². The van der Waals surface area contributed by atoms with Crippen LogP contribution >= 0.6 is 0 Å². The molecule has 9 heteroatoms. The van der Waals surface area contributed by atoms with Crippen molar-refractivity contribution in [2.75, 3.05) is 0 Å². The Labute approximate surface area is 120 Å². The first kappa shape index (κ1) is 14.8. The second-order valence-corrected chi connectivity index (χ2v) is 5.27. The molecule has 112 valence electrons. The lowest BCUT2D eigenvalue weighted by atomic mass is 9.87. The minimum atomic E-state index is -0.892. The molecule has 2 aromatic rings. The van der Waals surface area contributed by atoms with E-state index in [2.05, 4.69) is 37.3 Å². The molecule has 0 amide bonds. The minimum Gasteiger partial charge on any atom is -0.499 e. The Kier molecular flexibility index (Phi) is 3.83. The monoisotopic (exact) mass is 292 g/mol. The zero-order valence-corrected chi connectivity index (χ0v) is 12.0. The fourth-order valence-corrected chi connectivity index (χ4v) is 1.89. The van der Waals surface area contributed by atoms with Crippen LogP contribution in [-0.4, -0.2) is 40.6 Å². The molecule has 0 spiro atoms. The number of nitrogens with one attached hydrogen (secondary N) is 1. The second kappa shape index (κ2) is 5.43. The third-order valence-electron chi connectivity index (χ3n) is 3.05. The maximum Gasteiger partial charge on any atom is 0.297 e. The standard InChI is InChI=1S/C12H16N6O3/c1-4-5-12(2,3)11-17-15-8(16-18-11)7-13-9(20)6(19)10(21)14-7/h19H,4-5H2,1-3H3,(H2,13,14,20,21). The van der Waals surface area contributed by atoms with Crippen molar-refractivity contribution < 1.29 is 10.2 Å². The van der Waals surface area contributed by atoms with E-state index in [1.165, 1.54) is 0 Å². The molecule has 0 aliphatic rings. The smallest absolute Gasteiger partial charge is 0.297 e. The molecule has 21 heavy (non-hydrogen) atoms. The number of hydrogen-bond acceptors (Lipinski definition) is 8. The lowest BCUT2D eigenvalue weighted by molar-refractivity contribution is 0.382. The van der Waals surface area contributed by atoms with Crippen molar-refractivity contribution in [3.8, 4) is 23.3 Å². The fraction of sp³-hybridized carbons (Fsp3) is 0.500. The van der Waals surface area contributed by atoms with Crippen molar-refractivity contribution in [2.24, 2.45) is 0 Å². The topological polar surface area (TPSA) is 138 Å². The third-order valence-corrected chi connectivity index (χ3v) is 3.05. The molecule has 0 atom stereocenters. The van der Waals surface area contributed by atoms with E-state index >= 15 is 0 Å². The van der Waals surface area contributed by atoms with Crippen molar-refractivity contribution in [1.29, 1.82) is 0 Å². The normalized spacial score (nSPS) is 11.6. The van der Waals surface area contributed by atoms with Gasteiger partial charge in [0.1, 0.15) is 0 Å². The van der Waals surface area contributed by atoms with E-state index < -0.39 is 17.2 Å². The van der Waals surface area contributed by atoms with Gasteiger partial charge in [0.25, 0.3) is 11.4 Å². The lowest BCUT2D eigenvalue weighted by Gasteiger charge is -2.20. The molecular formula is C12H16N6O3. The summed E-state index contributed by atoms with van der Waals surface area (Å²) in [4.78, 5) is 17.2. The Morgan fingerprint density at radius 3 is 2.29 bits per heavy atom. The molecule has 3 N–H and O–H groups in total. The summed E-state index contributed by atoms with van der Waals surface area (Å²) in [5, 5.41) is 34.2. The molecule has 0 aromatic carbocycles. The summed E-state index contributed by atoms with van der Waals surface area (Å²) >= 11 is 0. The summed E-state index contributed by atoms with van der Waals surface area (Å²) < 4.78 is 0. The van der Waals surface area contributed by atoms with Crippen LogP contribution in [0.25, 0.3) is 11.6 Å². The largest absolute Gasteiger partial charge is 0.499 e. The maximum absolute atomic E-state index is 11.3. The summed E-state index contributed by atoms with van der Waals surface area (Å²) in [6.45, 7) is 6.04. The maximum atomic E-state index is 11.3. The van der Waals surface area contributed by atoms with E-state index in [0.29, 0.717) is 5.82 Å². The molecule has 0 fully saturated rings. The summed E-state index contributed by atoms with van der Waals surface area (Å²) in [7, 11) is 0. The number of H-pyrrole nitrogens is 1. The highest BCUT2D eigenvalue weighted by Crippen LogP contribution is 2.24. The van der Waals surface area contributed by atoms with Gasteiger partial charge in [-0.05, 0) is 6.42 Å². The number of aromatic amines is 1. The molecule has 0 saturated heterocycles. The Balaban J connectivity index is 2.38. The van der Waals surface area contributed by atoms with Crippen LogP contribution in [0.4, 0.5) is 0 Å². The van der Waals surface area contributed by atoms with Crippen molar-refractivity contribution >= 4 is 0 Å². The van der Waals surface area contributed by atoms with Gasteiger partial charge in [0, 0.05) is 5.41 Å². The highest BCUT2D eigenvalue weighted by atomic mass is 16.3. The average Bonchev–Trinajstić information content (AvgIpc) is 2.44. The van der Waals surface area contributed by atoms with Crippen LogP contribution in [0, 0.1) is 0 Å². The minimum absolute atomic E-state index is 0.0431. The first-order valence-corrected chi connectivity index (χ1v) is 6.45. The third kappa shape index (κ3) is 2.96. The van der Waals surface area contributed by atoms with Crippen molar-refractivity contribution in [3.05, 3.63) is 16.2 Å². The molecule has 2 aromatic heterocycles. The second-order valence-electron chi connectivity index (χ2n) is 5.27. The number of rotatable bonds is 4. The van der Waals surface area contributed by atoms with Gasteiger partial charge in [-0.1, -0.05) is 27.2 Å². The lowest BCUT2D eigenvalue weighted by Crippen LogP contribution is -2.22. The molecular weight excluding hydrogens is 276 g/mol. The first-order chi connectivity index (χ1) is 9.85.